The smallest absolute Gasteiger partial charge is 0.253 e. The summed E-state index contributed by atoms with van der Waals surface area (Å²) in [5, 5.41) is 0.684. The maximum absolute atomic E-state index is 6.15. The van der Waals surface area contributed by atoms with Gasteiger partial charge in [-0.15, -0.1) is 0 Å². The molecule has 0 spiro atoms. The normalized spacial score (nSPS) is 11.6. The van der Waals surface area contributed by atoms with Gasteiger partial charge in [-0.25, -0.2) is 4.98 Å². The van der Waals surface area contributed by atoms with E-state index in [-0.39, 0.29) is 0 Å². The van der Waals surface area contributed by atoms with Crippen molar-refractivity contribution in [3.63, 3.8) is 0 Å². The summed E-state index contributed by atoms with van der Waals surface area (Å²) >= 11 is 5.94. The number of amidine groups is 1. The summed E-state index contributed by atoms with van der Waals surface area (Å²) in [6, 6.07) is 7.51. The number of anilines is 1. The number of benzene rings is 1. The van der Waals surface area contributed by atoms with E-state index in [2.05, 4.69) is 15.0 Å². The van der Waals surface area contributed by atoms with Gasteiger partial charge in [-0.2, -0.15) is 9.98 Å². The molecule has 0 unspecified atom stereocenters. The van der Waals surface area contributed by atoms with Gasteiger partial charge in [-0.05, 0) is 31.0 Å². The van der Waals surface area contributed by atoms with Gasteiger partial charge in [0.1, 0.15) is 11.7 Å². The van der Waals surface area contributed by atoms with Crippen LogP contribution >= 0.6 is 11.6 Å². The number of rotatable bonds is 3. The lowest BCUT2D eigenvalue weighted by atomic mass is 10.0. The number of aliphatic imine (C=N–C) groups is 1. The van der Waals surface area contributed by atoms with Crippen molar-refractivity contribution in [2.24, 2.45) is 4.99 Å². The monoisotopic (exact) mass is 317 g/mol. The van der Waals surface area contributed by atoms with Crippen LogP contribution in [0.2, 0.25) is 5.02 Å². The van der Waals surface area contributed by atoms with Crippen LogP contribution < -0.4 is 5.73 Å². The van der Waals surface area contributed by atoms with Crippen molar-refractivity contribution >= 4 is 29.2 Å². The van der Waals surface area contributed by atoms with E-state index in [1.54, 1.807) is 0 Å². The van der Waals surface area contributed by atoms with Crippen molar-refractivity contribution in [1.82, 2.24) is 14.9 Å². The zero-order valence-electron chi connectivity index (χ0n) is 13.3. The first kappa shape index (κ1) is 16.2. The highest BCUT2D eigenvalue weighted by molar-refractivity contribution is 6.30. The summed E-state index contributed by atoms with van der Waals surface area (Å²) in [7, 11) is 3.84. The van der Waals surface area contributed by atoms with E-state index in [1.807, 2.05) is 57.1 Å². The van der Waals surface area contributed by atoms with Crippen LogP contribution in [0.1, 0.15) is 19.5 Å². The molecule has 5 nitrogen and oxygen atoms in total. The number of aryl methyl sites for hydroxylation is 1. The van der Waals surface area contributed by atoms with Gasteiger partial charge in [0.25, 0.3) is 5.95 Å². The Morgan fingerprint density at radius 3 is 2.41 bits per heavy atom. The van der Waals surface area contributed by atoms with Crippen molar-refractivity contribution in [3.05, 3.63) is 35.0 Å². The van der Waals surface area contributed by atoms with E-state index >= 15 is 0 Å². The summed E-state index contributed by atoms with van der Waals surface area (Å²) < 4.78 is 0. The third kappa shape index (κ3) is 3.54. The Kier molecular flexibility index (Phi) is 4.98. The van der Waals surface area contributed by atoms with E-state index in [9.17, 15) is 0 Å². The second kappa shape index (κ2) is 6.75. The molecule has 2 aromatic rings. The van der Waals surface area contributed by atoms with Crippen molar-refractivity contribution in [2.45, 2.75) is 20.3 Å². The molecule has 1 heterocycles. The number of hydrogen-bond acceptors (Lipinski definition) is 4. The third-order valence-corrected chi connectivity index (χ3v) is 3.63. The standard InChI is InChI=1S/C16H20ClN5/c1-5-13-14(11-6-8-12(17)9-7-11)15(18)21-16(20-13)19-10(2)22(3)4/h6-9H,5H2,1-4H3,(H2,18,20,21)/b19-10-. The van der Waals surface area contributed by atoms with Crippen molar-refractivity contribution in [3.8, 4) is 11.1 Å². The number of aromatic nitrogens is 2. The van der Waals surface area contributed by atoms with Gasteiger partial charge in [0.05, 0.1) is 5.69 Å². The molecule has 116 valence electrons. The first-order valence-electron chi connectivity index (χ1n) is 7.07. The lowest BCUT2D eigenvalue weighted by Gasteiger charge is -2.13. The fraction of sp³-hybridized carbons (Fsp3) is 0.312. The molecule has 0 aliphatic rings. The van der Waals surface area contributed by atoms with Crippen LogP contribution in [0.3, 0.4) is 0 Å². The predicted molar refractivity (Wildman–Crippen MR) is 92.7 cm³/mol. The minimum absolute atomic E-state index is 0.387. The minimum Gasteiger partial charge on any atom is -0.383 e. The fourth-order valence-electron chi connectivity index (χ4n) is 1.99. The average Bonchev–Trinajstić information content (AvgIpc) is 2.47. The van der Waals surface area contributed by atoms with Gasteiger partial charge in [-0.3, -0.25) is 0 Å². The zero-order chi connectivity index (χ0) is 16.3. The summed E-state index contributed by atoms with van der Waals surface area (Å²) in [5.41, 5.74) is 8.83. The molecule has 0 aliphatic heterocycles. The highest BCUT2D eigenvalue weighted by Gasteiger charge is 2.13. The van der Waals surface area contributed by atoms with Crippen LogP contribution in [0.25, 0.3) is 11.1 Å². The highest BCUT2D eigenvalue weighted by atomic mass is 35.5. The molecule has 0 saturated carbocycles. The van der Waals surface area contributed by atoms with Crippen molar-refractivity contribution in [1.29, 1.82) is 0 Å². The summed E-state index contributed by atoms with van der Waals surface area (Å²) in [6.45, 7) is 3.94. The lowest BCUT2D eigenvalue weighted by Crippen LogP contribution is -2.18. The van der Waals surface area contributed by atoms with Gasteiger partial charge < -0.3 is 10.6 Å². The predicted octanol–water partition coefficient (Wildman–Crippen LogP) is 3.55. The number of nitrogens with two attached hydrogens (primary N) is 1. The molecule has 0 bridgehead atoms. The highest BCUT2D eigenvalue weighted by Crippen LogP contribution is 2.30. The van der Waals surface area contributed by atoms with E-state index in [0.717, 1.165) is 29.1 Å². The second-order valence-corrected chi connectivity index (χ2v) is 5.58. The van der Waals surface area contributed by atoms with Crippen LogP contribution in [-0.4, -0.2) is 34.8 Å². The Morgan fingerprint density at radius 2 is 1.86 bits per heavy atom. The molecular weight excluding hydrogens is 298 g/mol. The van der Waals surface area contributed by atoms with Crippen LogP contribution in [0.4, 0.5) is 11.8 Å². The first-order chi connectivity index (χ1) is 10.4. The van der Waals surface area contributed by atoms with E-state index < -0.39 is 0 Å². The van der Waals surface area contributed by atoms with Crippen LogP contribution in [0, 0.1) is 0 Å². The summed E-state index contributed by atoms with van der Waals surface area (Å²) in [6.07, 6.45) is 0.744. The topological polar surface area (TPSA) is 67.4 Å². The van der Waals surface area contributed by atoms with Gasteiger partial charge in [-0.1, -0.05) is 30.7 Å². The average molecular weight is 318 g/mol. The Bertz CT molecular complexity index is 692. The number of hydrogen-bond donors (Lipinski definition) is 1. The molecule has 0 radical (unpaired) electrons. The third-order valence-electron chi connectivity index (χ3n) is 3.38. The summed E-state index contributed by atoms with van der Waals surface area (Å²) in [5.74, 6) is 1.64. The maximum atomic E-state index is 6.15. The van der Waals surface area contributed by atoms with Crippen LogP contribution in [0.5, 0.6) is 0 Å². The Balaban J connectivity index is 2.53. The van der Waals surface area contributed by atoms with Gasteiger partial charge in [0.2, 0.25) is 0 Å². The first-order valence-corrected chi connectivity index (χ1v) is 7.45. The number of halogens is 1. The largest absolute Gasteiger partial charge is 0.383 e. The van der Waals surface area contributed by atoms with Crippen molar-refractivity contribution in [2.75, 3.05) is 19.8 Å². The molecule has 0 fully saturated rings. The van der Waals surface area contributed by atoms with Gasteiger partial charge in [0, 0.05) is 24.7 Å². The number of nitrogens with zero attached hydrogens (tertiary/aromatic N) is 4. The maximum Gasteiger partial charge on any atom is 0.253 e. The summed E-state index contributed by atoms with van der Waals surface area (Å²) in [4.78, 5) is 15.2. The van der Waals surface area contributed by atoms with E-state index in [4.69, 9.17) is 17.3 Å². The molecule has 22 heavy (non-hydrogen) atoms. The lowest BCUT2D eigenvalue weighted by molar-refractivity contribution is 0.618. The molecule has 6 heteroatoms. The quantitative estimate of drug-likeness (QED) is 0.694. The number of nitrogen functional groups attached to an aromatic ring is 1. The van der Waals surface area contributed by atoms with Crippen LogP contribution in [-0.2, 0) is 6.42 Å². The zero-order valence-corrected chi connectivity index (χ0v) is 14.0. The molecule has 2 rings (SSSR count). The fourth-order valence-corrected chi connectivity index (χ4v) is 2.12. The van der Waals surface area contributed by atoms with E-state index in [1.165, 1.54) is 0 Å². The van der Waals surface area contributed by atoms with Crippen LogP contribution in [0.15, 0.2) is 29.3 Å². The van der Waals surface area contributed by atoms with Gasteiger partial charge in [0.15, 0.2) is 0 Å². The Hall–Kier alpha value is -2.14. The molecule has 1 aromatic carbocycles. The Morgan fingerprint density at radius 1 is 1.23 bits per heavy atom. The van der Waals surface area contributed by atoms with Gasteiger partial charge >= 0.3 is 0 Å². The minimum atomic E-state index is 0.387. The van der Waals surface area contributed by atoms with Crippen molar-refractivity contribution < 1.29 is 0 Å². The molecule has 0 aliphatic carbocycles. The molecule has 2 N–H and O–H groups in total. The second-order valence-electron chi connectivity index (χ2n) is 5.14. The SMILES string of the molecule is CCc1nc(/N=C(/C)N(C)C)nc(N)c1-c1ccc(Cl)cc1. The molecule has 0 saturated heterocycles. The Labute approximate surface area is 135 Å². The van der Waals surface area contributed by atoms with E-state index in [0.29, 0.717) is 16.8 Å². The molecule has 0 amide bonds. The molecule has 1 aromatic heterocycles. The molecular formula is C16H20ClN5. The molecule has 0 atom stereocenters.